The van der Waals surface area contributed by atoms with Crippen molar-refractivity contribution in [3.63, 3.8) is 0 Å². The smallest absolute Gasteiger partial charge is 0.268 e. The number of nitrogens with zero attached hydrogens (tertiary/aromatic N) is 1. The summed E-state index contributed by atoms with van der Waals surface area (Å²) in [4.78, 5) is 22.3. The molecule has 1 atom stereocenters. The van der Waals surface area contributed by atoms with Crippen molar-refractivity contribution in [1.29, 1.82) is 0 Å². The number of halogens is 2. The summed E-state index contributed by atoms with van der Waals surface area (Å²) in [5.41, 5.74) is 0.737. The van der Waals surface area contributed by atoms with Gasteiger partial charge in [0, 0.05) is 5.18 Å². The summed E-state index contributed by atoms with van der Waals surface area (Å²) in [6.07, 6.45) is 4.08. The van der Waals surface area contributed by atoms with E-state index in [9.17, 15) is 9.70 Å². The van der Waals surface area contributed by atoms with Gasteiger partial charge in [-0.05, 0) is 36.5 Å². The van der Waals surface area contributed by atoms with Gasteiger partial charge in [-0.3, -0.25) is 4.79 Å². The molecule has 96 valence electrons. The Morgan fingerprint density at radius 3 is 2.44 bits per heavy atom. The summed E-state index contributed by atoms with van der Waals surface area (Å²) in [5, 5.41) is 3.44. The molecule has 0 aliphatic heterocycles. The fraction of sp³-hybridized carbons (Fsp3) is 0.462. The Morgan fingerprint density at radius 1 is 1.22 bits per heavy atom. The molecule has 1 aromatic carbocycles. The largest absolute Gasteiger partial charge is 0.294 e. The number of benzene rings is 1. The van der Waals surface area contributed by atoms with E-state index in [1.165, 1.54) is 0 Å². The SMILES string of the molecule is O=NC(=O)C(c1ccc(Cl)c(Cl)c1)C1CCCC1. The first-order chi connectivity index (χ1) is 8.63. The molecule has 0 aromatic heterocycles. The summed E-state index contributed by atoms with van der Waals surface area (Å²) < 4.78 is 0. The Morgan fingerprint density at radius 2 is 1.89 bits per heavy atom. The van der Waals surface area contributed by atoms with Crippen LogP contribution in [0.3, 0.4) is 0 Å². The van der Waals surface area contributed by atoms with Crippen molar-refractivity contribution < 1.29 is 4.79 Å². The number of hydrogen-bond donors (Lipinski definition) is 0. The van der Waals surface area contributed by atoms with Crippen LogP contribution in [0, 0.1) is 10.8 Å². The van der Waals surface area contributed by atoms with Crippen LogP contribution in [0.25, 0.3) is 0 Å². The molecule has 1 amide bonds. The Balaban J connectivity index is 2.35. The fourth-order valence-electron chi connectivity index (χ4n) is 2.67. The van der Waals surface area contributed by atoms with E-state index in [0.717, 1.165) is 31.2 Å². The quantitative estimate of drug-likeness (QED) is 0.764. The van der Waals surface area contributed by atoms with Gasteiger partial charge in [0.1, 0.15) is 0 Å². The Hall–Kier alpha value is -0.930. The number of amides is 1. The van der Waals surface area contributed by atoms with Crippen molar-refractivity contribution in [3.05, 3.63) is 38.7 Å². The molecule has 0 N–H and O–H groups in total. The van der Waals surface area contributed by atoms with Gasteiger partial charge in [-0.1, -0.05) is 42.1 Å². The van der Waals surface area contributed by atoms with E-state index in [4.69, 9.17) is 23.2 Å². The molecule has 1 unspecified atom stereocenters. The van der Waals surface area contributed by atoms with E-state index >= 15 is 0 Å². The molecule has 0 heterocycles. The van der Waals surface area contributed by atoms with Crippen LogP contribution in [0.2, 0.25) is 10.0 Å². The van der Waals surface area contributed by atoms with E-state index in [1.807, 2.05) is 0 Å². The highest BCUT2D eigenvalue weighted by molar-refractivity contribution is 6.42. The summed E-state index contributed by atoms with van der Waals surface area (Å²) >= 11 is 11.8. The van der Waals surface area contributed by atoms with Crippen LogP contribution < -0.4 is 0 Å². The second-order valence-electron chi connectivity index (χ2n) is 4.63. The first-order valence-electron chi connectivity index (χ1n) is 5.95. The van der Waals surface area contributed by atoms with Crippen LogP contribution in [0.15, 0.2) is 23.4 Å². The average molecular weight is 286 g/mol. The predicted molar refractivity (Wildman–Crippen MR) is 72.0 cm³/mol. The molecule has 1 fully saturated rings. The zero-order chi connectivity index (χ0) is 13.1. The second kappa shape index (κ2) is 5.81. The van der Waals surface area contributed by atoms with Gasteiger partial charge in [0.2, 0.25) is 0 Å². The summed E-state index contributed by atoms with van der Waals surface area (Å²) in [5.74, 6) is -0.896. The number of carbonyl (C=O) groups excluding carboxylic acids is 1. The molecule has 18 heavy (non-hydrogen) atoms. The molecule has 5 heteroatoms. The number of hydrogen-bond acceptors (Lipinski definition) is 2. The van der Waals surface area contributed by atoms with E-state index < -0.39 is 11.8 Å². The third-order valence-electron chi connectivity index (χ3n) is 3.53. The molecule has 2 rings (SSSR count). The van der Waals surface area contributed by atoms with E-state index in [2.05, 4.69) is 5.18 Å². The molecule has 1 aliphatic carbocycles. The zero-order valence-corrected chi connectivity index (χ0v) is 11.2. The molecular formula is C13H13Cl2NO2. The monoisotopic (exact) mass is 285 g/mol. The molecule has 1 aromatic rings. The van der Waals surface area contributed by atoms with Crippen LogP contribution in [0.1, 0.15) is 37.2 Å². The number of nitroso groups, excluding NO2 is 1. The lowest BCUT2D eigenvalue weighted by Gasteiger charge is -2.19. The summed E-state index contributed by atoms with van der Waals surface area (Å²) in [6, 6.07) is 5.06. The van der Waals surface area contributed by atoms with Gasteiger partial charge in [-0.2, -0.15) is 0 Å². The van der Waals surface area contributed by atoms with Crippen molar-refractivity contribution in [3.8, 4) is 0 Å². The van der Waals surface area contributed by atoms with Gasteiger partial charge in [0.05, 0.1) is 16.0 Å². The molecule has 0 bridgehead atoms. The number of carbonyl (C=O) groups is 1. The molecular weight excluding hydrogens is 273 g/mol. The maximum absolute atomic E-state index is 11.7. The first-order valence-corrected chi connectivity index (χ1v) is 6.71. The highest BCUT2D eigenvalue weighted by Gasteiger charge is 2.32. The van der Waals surface area contributed by atoms with E-state index in [1.54, 1.807) is 18.2 Å². The molecule has 0 saturated heterocycles. The van der Waals surface area contributed by atoms with Crippen molar-refractivity contribution >= 4 is 29.1 Å². The lowest BCUT2D eigenvalue weighted by atomic mass is 9.84. The third-order valence-corrected chi connectivity index (χ3v) is 4.27. The van der Waals surface area contributed by atoms with Gasteiger partial charge in [-0.25, -0.2) is 0 Å². The van der Waals surface area contributed by atoms with Crippen LogP contribution in [-0.2, 0) is 4.79 Å². The van der Waals surface area contributed by atoms with Crippen molar-refractivity contribution in [2.75, 3.05) is 0 Å². The van der Waals surface area contributed by atoms with Crippen molar-refractivity contribution in [2.45, 2.75) is 31.6 Å². The van der Waals surface area contributed by atoms with Crippen LogP contribution >= 0.6 is 23.2 Å². The van der Waals surface area contributed by atoms with Gasteiger partial charge >= 0.3 is 0 Å². The fourth-order valence-corrected chi connectivity index (χ4v) is 2.98. The zero-order valence-electron chi connectivity index (χ0n) is 9.73. The van der Waals surface area contributed by atoms with Crippen molar-refractivity contribution in [1.82, 2.24) is 0 Å². The van der Waals surface area contributed by atoms with Crippen LogP contribution in [0.5, 0.6) is 0 Å². The lowest BCUT2D eigenvalue weighted by Crippen LogP contribution is -2.18. The third kappa shape index (κ3) is 2.73. The molecule has 3 nitrogen and oxygen atoms in total. The van der Waals surface area contributed by atoms with Crippen molar-refractivity contribution in [2.24, 2.45) is 11.1 Å². The topological polar surface area (TPSA) is 46.5 Å². The minimum atomic E-state index is -0.611. The number of rotatable bonds is 3. The highest BCUT2D eigenvalue weighted by Crippen LogP contribution is 2.39. The van der Waals surface area contributed by atoms with Crippen LogP contribution in [0.4, 0.5) is 0 Å². The predicted octanol–water partition coefficient (Wildman–Crippen LogP) is 4.56. The molecule has 0 spiro atoms. The van der Waals surface area contributed by atoms with E-state index in [0.29, 0.717) is 10.0 Å². The minimum absolute atomic E-state index is 0.187. The lowest BCUT2D eigenvalue weighted by molar-refractivity contribution is -0.120. The Labute approximate surface area is 115 Å². The molecule has 1 aliphatic rings. The molecule has 1 saturated carbocycles. The second-order valence-corrected chi connectivity index (χ2v) is 5.44. The van der Waals surface area contributed by atoms with E-state index in [-0.39, 0.29) is 5.92 Å². The summed E-state index contributed by atoms with van der Waals surface area (Å²) in [7, 11) is 0. The summed E-state index contributed by atoms with van der Waals surface area (Å²) in [6.45, 7) is 0. The molecule has 0 radical (unpaired) electrons. The standard InChI is InChI=1S/C13H13Cl2NO2/c14-10-6-5-9(7-11(10)15)12(13(17)16-18)8-3-1-2-4-8/h5-8,12H,1-4H2. The normalized spacial score (nSPS) is 17.7. The Bertz CT molecular complexity index is 470. The minimum Gasteiger partial charge on any atom is -0.268 e. The maximum Gasteiger partial charge on any atom is 0.294 e. The maximum atomic E-state index is 11.7. The van der Waals surface area contributed by atoms with Gasteiger partial charge < -0.3 is 0 Å². The van der Waals surface area contributed by atoms with Gasteiger partial charge in [-0.15, -0.1) is 4.91 Å². The van der Waals surface area contributed by atoms with Crippen LogP contribution in [-0.4, -0.2) is 5.91 Å². The average Bonchev–Trinajstić information content (AvgIpc) is 2.87. The first kappa shape index (κ1) is 13.5. The van der Waals surface area contributed by atoms with Gasteiger partial charge in [0.15, 0.2) is 0 Å². The highest BCUT2D eigenvalue weighted by atomic mass is 35.5. The Kier molecular flexibility index (Phi) is 4.36. The van der Waals surface area contributed by atoms with Gasteiger partial charge in [0.25, 0.3) is 5.91 Å².